The van der Waals surface area contributed by atoms with Crippen molar-refractivity contribution in [3.8, 4) is 5.75 Å². The molecule has 25 heavy (non-hydrogen) atoms. The minimum atomic E-state index is -0.0221. The third kappa shape index (κ3) is 2.97. The number of hydrogen-bond donors (Lipinski definition) is 0. The quantitative estimate of drug-likeness (QED) is 0.677. The predicted octanol–water partition coefficient (Wildman–Crippen LogP) is 5.54. The van der Waals surface area contributed by atoms with Crippen molar-refractivity contribution < 1.29 is 4.74 Å². The summed E-state index contributed by atoms with van der Waals surface area (Å²) in [5.74, 6) is 1.35. The lowest BCUT2D eigenvalue weighted by atomic mass is 9.95. The molecule has 0 saturated carbocycles. The molecular weight excluding hydrogens is 376 g/mol. The molecule has 2 heterocycles. The Morgan fingerprint density at radius 2 is 1.96 bits per heavy atom. The minimum absolute atomic E-state index is 0.0221. The highest BCUT2D eigenvalue weighted by Crippen LogP contribution is 2.45. The second-order valence-corrected chi connectivity index (χ2v) is 8.05. The van der Waals surface area contributed by atoms with E-state index in [1.165, 1.54) is 16.7 Å². The van der Waals surface area contributed by atoms with Crippen molar-refractivity contribution in [2.45, 2.75) is 45.9 Å². The average molecular weight is 399 g/mol. The molecule has 2 aromatic carbocycles. The van der Waals surface area contributed by atoms with E-state index in [4.69, 9.17) is 9.84 Å². The van der Waals surface area contributed by atoms with E-state index in [1.54, 1.807) is 0 Å². The van der Waals surface area contributed by atoms with Crippen LogP contribution in [-0.4, -0.2) is 16.9 Å². The zero-order chi connectivity index (χ0) is 17.6. The fourth-order valence-electron chi connectivity index (χ4n) is 3.63. The first kappa shape index (κ1) is 16.6. The molecule has 2 aliphatic rings. The Labute approximate surface area is 157 Å². The van der Waals surface area contributed by atoms with Crippen molar-refractivity contribution in [1.29, 1.82) is 0 Å². The number of aryl methyl sites for hydroxylation is 1. The molecule has 0 unspecified atom stereocenters. The number of hydrazone groups is 1. The Morgan fingerprint density at radius 1 is 1.20 bits per heavy atom. The van der Waals surface area contributed by atoms with Crippen LogP contribution in [0, 0.1) is 5.92 Å². The highest BCUT2D eigenvalue weighted by molar-refractivity contribution is 9.10. The van der Waals surface area contributed by atoms with Gasteiger partial charge in [0, 0.05) is 22.4 Å². The average Bonchev–Trinajstić information content (AvgIpc) is 3.06. The van der Waals surface area contributed by atoms with Crippen molar-refractivity contribution >= 4 is 21.6 Å². The number of halogens is 1. The Balaban J connectivity index is 1.72. The number of rotatable bonds is 3. The zero-order valence-electron chi connectivity index (χ0n) is 14.9. The van der Waals surface area contributed by atoms with Crippen molar-refractivity contribution in [1.82, 2.24) is 5.01 Å². The van der Waals surface area contributed by atoms with E-state index in [1.807, 2.05) is 6.07 Å². The van der Waals surface area contributed by atoms with Crippen LogP contribution < -0.4 is 4.74 Å². The summed E-state index contributed by atoms with van der Waals surface area (Å²) in [6.07, 6.45) is 1.96. The predicted molar refractivity (Wildman–Crippen MR) is 105 cm³/mol. The van der Waals surface area contributed by atoms with E-state index in [2.05, 4.69) is 78.1 Å². The van der Waals surface area contributed by atoms with E-state index >= 15 is 0 Å². The monoisotopic (exact) mass is 398 g/mol. The molecule has 2 aromatic rings. The maximum atomic E-state index is 6.28. The normalized spacial score (nSPS) is 21.6. The summed E-state index contributed by atoms with van der Waals surface area (Å²) >= 11 is 3.60. The fraction of sp³-hybridized carbons (Fsp3) is 0.381. The van der Waals surface area contributed by atoms with E-state index in [0.717, 1.165) is 28.8 Å². The summed E-state index contributed by atoms with van der Waals surface area (Å²) < 4.78 is 7.36. The molecule has 0 aromatic heterocycles. The van der Waals surface area contributed by atoms with Gasteiger partial charge in [-0.25, -0.2) is 5.01 Å². The summed E-state index contributed by atoms with van der Waals surface area (Å²) in [6.45, 7) is 6.56. The van der Waals surface area contributed by atoms with Crippen LogP contribution >= 0.6 is 15.9 Å². The summed E-state index contributed by atoms with van der Waals surface area (Å²) in [7, 11) is 0. The molecule has 130 valence electrons. The molecule has 0 radical (unpaired) electrons. The van der Waals surface area contributed by atoms with Gasteiger partial charge in [-0.15, -0.1) is 0 Å². The van der Waals surface area contributed by atoms with E-state index in [-0.39, 0.29) is 12.3 Å². The van der Waals surface area contributed by atoms with Crippen LogP contribution in [-0.2, 0) is 6.42 Å². The Bertz CT molecular complexity index is 813. The minimum Gasteiger partial charge on any atom is -0.468 e. The third-order valence-electron chi connectivity index (χ3n) is 5.05. The summed E-state index contributed by atoms with van der Waals surface area (Å²) in [5.41, 5.74) is 4.94. The molecular formula is C21H23BrN2O. The van der Waals surface area contributed by atoms with Gasteiger partial charge in [0.25, 0.3) is 0 Å². The molecule has 4 heteroatoms. The highest BCUT2D eigenvalue weighted by Gasteiger charge is 2.41. The van der Waals surface area contributed by atoms with Crippen LogP contribution in [0.1, 0.15) is 49.9 Å². The van der Waals surface area contributed by atoms with Crippen molar-refractivity contribution in [2.24, 2.45) is 11.0 Å². The van der Waals surface area contributed by atoms with Crippen molar-refractivity contribution in [2.75, 3.05) is 0 Å². The molecule has 2 atom stereocenters. The first-order valence-corrected chi connectivity index (χ1v) is 9.77. The Morgan fingerprint density at radius 3 is 2.64 bits per heavy atom. The van der Waals surface area contributed by atoms with Crippen LogP contribution in [0.2, 0.25) is 0 Å². The van der Waals surface area contributed by atoms with Gasteiger partial charge < -0.3 is 4.74 Å². The second-order valence-electron chi connectivity index (χ2n) is 7.13. The van der Waals surface area contributed by atoms with Crippen LogP contribution in [0.4, 0.5) is 0 Å². The van der Waals surface area contributed by atoms with Crippen molar-refractivity contribution in [3.63, 3.8) is 0 Å². The first-order valence-electron chi connectivity index (χ1n) is 8.98. The lowest BCUT2D eigenvalue weighted by Crippen LogP contribution is -2.43. The zero-order valence-corrected chi connectivity index (χ0v) is 16.5. The van der Waals surface area contributed by atoms with Gasteiger partial charge in [0.2, 0.25) is 0 Å². The van der Waals surface area contributed by atoms with Crippen LogP contribution in [0.15, 0.2) is 52.0 Å². The van der Waals surface area contributed by atoms with Gasteiger partial charge in [-0.2, -0.15) is 5.10 Å². The first-order chi connectivity index (χ1) is 12.1. The van der Waals surface area contributed by atoms with Gasteiger partial charge in [0.1, 0.15) is 5.75 Å². The highest BCUT2D eigenvalue weighted by atomic mass is 79.9. The summed E-state index contributed by atoms with van der Waals surface area (Å²) in [6, 6.07) is 15.3. The standard InChI is InChI=1S/C21H23BrN2O/c1-4-14-5-7-15(8-6-14)18-12-19-17-11-16(22)9-10-20(17)25-21(13(2)3)24(19)23-18/h5-11,13,19,21H,4,12H2,1-3H3/t19-,21+/m0/s1. The lowest BCUT2D eigenvalue weighted by molar-refractivity contribution is -0.0461. The van der Waals surface area contributed by atoms with E-state index < -0.39 is 0 Å². The molecule has 0 spiro atoms. The number of ether oxygens (including phenoxy) is 1. The van der Waals surface area contributed by atoms with Gasteiger partial charge >= 0.3 is 0 Å². The molecule has 0 amide bonds. The molecule has 0 N–H and O–H groups in total. The molecule has 0 aliphatic carbocycles. The van der Waals surface area contributed by atoms with E-state index in [0.29, 0.717) is 5.92 Å². The van der Waals surface area contributed by atoms with E-state index in [9.17, 15) is 0 Å². The van der Waals surface area contributed by atoms with Crippen molar-refractivity contribution in [3.05, 3.63) is 63.6 Å². The van der Waals surface area contributed by atoms with Gasteiger partial charge in [-0.3, -0.25) is 0 Å². The van der Waals surface area contributed by atoms with Crippen LogP contribution in [0.5, 0.6) is 5.75 Å². The molecule has 3 nitrogen and oxygen atoms in total. The Hall–Kier alpha value is -1.81. The summed E-state index contributed by atoms with van der Waals surface area (Å²) in [5, 5.41) is 7.15. The van der Waals surface area contributed by atoms with Gasteiger partial charge in [-0.05, 0) is 35.7 Å². The molecule has 0 saturated heterocycles. The fourth-order valence-corrected chi connectivity index (χ4v) is 4.01. The topological polar surface area (TPSA) is 24.8 Å². The maximum absolute atomic E-state index is 6.28. The number of nitrogens with zero attached hydrogens (tertiary/aromatic N) is 2. The van der Waals surface area contributed by atoms with Gasteiger partial charge in [-0.1, -0.05) is 61.0 Å². The van der Waals surface area contributed by atoms with Gasteiger partial charge in [0.05, 0.1) is 11.8 Å². The largest absolute Gasteiger partial charge is 0.468 e. The molecule has 0 fully saturated rings. The number of fused-ring (bicyclic) bond motifs is 3. The lowest BCUT2D eigenvalue weighted by Gasteiger charge is -2.40. The third-order valence-corrected chi connectivity index (χ3v) is 5.54. The second kappa shape index (κ2) is 6.49. The van der Waals surface area contributed by atoms with Crippen LogP contribution in [0.25, 0.3) is 0 Å². The maximum Gasteiger partial charge on any atom is 0.190 e. The number of hydrogen-bond acceptors (Lipinski definition) is 3. The SMILES string of the molecule is CCc1ccc(C2=NN3[C@@H](C(C)C)Oc4ccc(Br)cc4[C@@H]3C2)cc1. The molecule has 2 aliphatic heterocycles. The van der Waals surface area contributed by atoms with Gasteiger partial charge in [0.15, 0.2) is 6.23 Å². The molecule has 4 rings (SSSR count). The number of benzene rings is 2. The Kier molecular flexibility index (Phi) is 4.32. The summed E-state index contributed by atoms with van der Waals surface area (Å²) in [4.78, 5) is 0. The van der Waals surface area contributed by atoms with Crippen LogP contribution in [0.3, 0.4) is 0 Å². The molecule has 0 bridgehead atoms. The smallest absolute Gasteiger partial charge is 0.190 e.